The second kappa shape index (κ2) is 7.34. The molecule has 0 heterocycles. The fraction of sp³-hybridized carbons (Fsp3) is 0.190. The Balaban J connectivity index is 1.65. The molecule has 1 N–H and O–H groups in total. The third-order valence-electron chi connectivity index (χ3n) is 4.13. The van der Waals surface area contributed by atoms with Gasteiger partial charge in [-0.3, -0.25) is 4.79 Å². The van der Waals surface area contributed by atoms with E-state index in [9.17, 15) is 9.18 Å². The summed E-state index contributed by atoms with van der Waals surface area (Å²) in [5.74, 6) is -0.0956. The first kappa shape index (κ1) is 17.0. The quantitative estimate of drug-likeness (QED) is 0.737. The zero-order valence-corrected chi connectivity index (χ0v) is 14.2. The highest BCUT2D eigenvalue weighted by Gasteiger charge is 2.18. The van der Waals surface area contributed by atoms with Crippen LogP contribution in [0.5, 0.6) is 5.75 Å². The van der Waals surface area contributed by atoms with Crippen LogP contribution in [0.25, 0.3) is 10.8 Å². The summed E-state index contributed by atoms with van der Waals surface area (Å²) in [5, 5.41) is 5.25. The lowest BCUT2D eigenvalue weighted by molar-refractivity contribution is -0.127. The highest BCUT2D eigenvalue weighted by atomic mass is 19.1. The maximum Gasteiger partial charge on any atom is 0.261 e. The predicted octanol–water partition coefficient (Wildman–Crippen LogP) is 4.62. The molecule has 2 unspecified atom stereocenters. The van der Waals surface area contributed by atoms with Crippen LogP contribution in [0.2, 0.25) is 0 Å². The summed E-state index contributed by atoms with van der Waals surface area (Å²) >= 11 is 0. The molecule has 0 radical (unpaired) electrons. The summed E-state index contributed by atoms with van der Waals surface area (Å²) < 4.78 is 18.5. The maximum atomic E-state index is 12.9. The van der Waals surface area contributed by atoms with Gasteiger partial charge in [0.25, 0.3) is 5.91 Å². The van der Waals surface area contributed by atoms with Gasteiger partial charge < -0.3 is 10.1 Å². The molecule has 128 valence electrons. The molecule has 3 aromatic rings. The van der Waals surface area contributed by atoms with Crippen molar-refractivity contribution in [3.8, 4) is 5.75 Å². The predicted molar refractivity (Wildman–Crippen MR) is 97.0 cm³/mol. The fourth-order valence-electron chi connectivity index (χ4n) is 2.66. The van der Waals surface area contributed by atoms with Gasteiger partial charge in [-0.1, -0.05) is 36.4 Å². The zero-order valence-electron chi connectivity index (χ0n) is 14.2. The zero-order chi connectivity index (χ0) is 17.8. The lowest BCUT2D eigenvalue weighted by Gasteiger charge is -2.19. The SMILES string of the molecule is CC(Oc1ccc(F)cc1)C(=O)NC(C)c1ccc2ccccc2c1. The van der Waals surface area contributed by atoms with Crippen LogP contribution in [0.1, 0.15) is 25.5 Å². The van der Waals surface area contributed by atoms with Crippen LogP contribution < -0.4 is 10.1 Å². The van der Waals surface area contributed by atoms with Crippen LogP contribution in [0.4, 0.5) is 4.39 Å². The van der Waals surface area contributed by atoms with Crippen molar-refractivity contribution in [1.29, 1.82) is 0 Å². The highest BCUT2D eigenvalue weighted by molar-refractivity contribution is 5.84. The topological polar surface area (TPSA) is 38.3 Å². The average Bonchev–Trinajstić information content (AvgIpc) is 2.63. The molecule has 0 bridgehead atoms. The van der Waals surface area contributed by atoms with E-state index in [1.54, 1.807) is 6.92 Å². The Labute approximate surface area is 146 Å². The summed E-state index contributed by atoms with van der Waals surface area (Å²) in [6.45, 7) is 3.61. The summed E-state index contributed by atoms with van der Waals surface area (Å²) in [6, 6.07) is 19.7. The van der Waals surface area contributed by atoms with E-state index in [0.29, 0.717) is 5.75 Å². The number of benzene rings is 3. The van der Waals surface area contributed by atoms with Crippen molar-refractivity contribution in [2.45, 2.75) is 26.0 Å². The van der Waals surface area contributed by atoms with E-state index in [1.165, 1.54) is 24.3 Å². The number of halogens is 1. The lowest BCUT2D eigenvalue weighted by atomic mass is 10.0. The monoisotopic (exact) mass is 337 g/mol. The molecule has 0 spiro atoms. The van der Waals surface area contributed by atoms with Crippen molar-refractivity contribution in [3.05, 3.63) is 78.1 Å². The molecule has 4 heteroatoms. The summed E-state index contributed by atoms with van der Waals surface area (Å²) in [7, 11) is 0. The third kappa shape index (κ3) is 4.15. The Bertz CT molecular complexity index is 876. The Kier molecular flexibility index (Phi) is 4.98. The molecular formula is C21H20FNO2. The highest BCUT2D eigenvalue weighted by Crippen LogP contribution is 2.20. The van der Waals surface area contributed by atoms with E-state index in [2.05, 4.69) is 17.4 Å². The van der Waals surface area contributed by atoms with Gasteiger partial charge in [0.1, 0.15) is 11.6 Å². The second-order valence-corrected chi connectivity index (χ2v) is 6.05. The van der Waals surface area contributed by atoms with Gasteiger partial charge in [0, 0.05) is 0 Å². The van der Waals surface area contributed by atoms with Crippen molar-refractivity contribution >= 4 is 16.7 Å². The Morgan fingerprint density at radius 3 is 2.36 bits per heavy atom. The second-order valence-electron chi connectivity index (χ2n) is 6.05. The molecule has 2 atom stereocenters. The molecule has 3 nitrogen and oxygen atoms in total. The van der Waals surface area contributed by atoms with E-state index in [4.69, 9.17) is 4.74 Å². The normalized spacial score (nSPS) is 13.2. The van der Waals surface area contributed by atoms with E-state index < -0.39 is 6.10 Å². The molecular weight excluding hydrogens is 317 g/mol. The molecule has 0 aliphatic rings. The number of carbonyl (C=O) groups is 1. The van der Waals surface area contributed by atoms with Gasteiger partial charge >= 0.3 is 0 Å². The van der Waals surface area contributed by atoms with Crippen molar-refractivity contribution in [2.75, 3.05) is 0 Å². The number of nitrogens with one attached hydrogen (secondary N) is 1. The molecule has 3 aromatic carbocycles. The first-order valence-electron chi connectivity index (χ1n) is 8.24. The van der Waals surface area contributed by atoms with E-state index >= 15 is 0 Å². The molecule has 0 fully saturated rings. The van der Waals surface area contributed by atoms with Gasteiger partial charge in [0.2, 0.25) is 0 Å². The van der Waals surface area contributed by atoms with Crippen LogP contribution >= 0.6 is 0 Å². The minimum absolute atomic E-state index is 0.142. The standard InChI is InChI=1S/C21H20FNO2/c1-14(17-8-7-16-5-3-4-6-18(16)13-17)23-21(24)15(2)25-20-11-9-19(22)10-12-20/h3-15H,1-2H3,(H,23,24). The van der Waals surface area contributed by atoms with Gasteiger partial charge in [-0.25, -0.2) is 4.39 Å². The molecule has 0 saturated heterocycles. The summed E-state index contributed by atoms with van der Waals surface area (Å²) in [5.41, 5.74) is 1.03. The smallest absolute Gasteiger partial charge is 0.261 e. The molecule has 25 heavy (non-hydrogen) atoms. The lowest BCUT2D eigenvalue weighted by Crippen LogP contribution is -2.37. The van der Waals surface area contributed by atoms with Crippen LogP contribution in [0.15, 0.2) is 66.7 Å². The molecule has 3 rings (SSSR count). The van der Waals surface area contributed by atoms with Gasteiger partial charge in [0.05, 0.1) is 6.04 Å². The van der Waals surface area contributed by atoms with Gasteiger partial charge in [-0.2, -0.15) is 0 Å². The summed E-state index contributed by atoms with van der Waals surface area (Å²) in [4.78, 5) is 12.4. The minimum atomic E-state index is -0.673. The number of hydrogen-bond acceptors (Lipinski definition) is 2. The number of fused-ring (bicyclic) bond motifs is 1. The van der Waals surface area contributed by atoms with Crippen molar-refractivity contribution in [1.82, 2.24) is 5.32 Å². The average molecular weight is 337 g/mol. The van der Waals surface area contributed by atoms with Gasteiger partial charge in [-0.15, -0.1) is 0 Å². The first-order chi connectivity index (χ1) is 12.0. The molecule has 0 aromatic heterocycles. The van der Waals surface area contributed by atoms with Crippen molar-refractivity contribution in [2.24, 2.45) is 0 Å². The van der Waals surface area contributed by atoms with Crippen LogP contribution in [0.3, 0.4) is 0 Å². The number of amides is 1. The largest absolute Gasteiger partial charge is 0.481 e. The van der Waals surface area contributed by atoms with E-state index in [1.807, 2.05) is 37.3 Å². The van der Waals surface area contributed by atoms with E-state index in [0.717, 1.165) is 16.3 Å². The van der Waals surface area contributed by atoms with E-state index in [-0.39, 0.29) is 17.8 Å². The van der Waals surface area contributed by atoms with Gasteiger partial charge in [0.15, 0.2) is 6.10 Å². The van der Waals surface area contributed by atoms with Crippen LogP contribution in [-0.2, 0) is 4.79 Å². The maximum absolute atomic E-state index is 12.9. The number of rotatable bonds is 5. The first-order valence-corrected chi connectivity index (χ1v) is 8.24. The van der Waals surface area contributed by atoms with Crippen LogP contribution in [0, 0.1) is 5.82 Å². The fourth-order valence-corrected chi connectivity index (χ4v) is 2.66. The van der Waals surface area contributed by atoms with Crippen molar-refractivity contribution in [3.63, 3.8) is 0 Å². The number of ether oxygens (including phenoxy) is 1. The Hall–Kier alpha value is -2.88. The molecule has 1 amide bonds. The minimum Gasteiger partial charge on any atom is -0.481 e. The Morgan fingerprint density at radius 2 is 1.64 bits per heavy atom. The third-order valence-corrected chi connectivity index (χ3v) is 4.13. The Morgan fingerprint density at radius 1 is 0.960 bits per heavy atom. The summed E-state index contributed by atoms with van der Waals surface area (Å²) in [6.07, 6.45) is -0.673. The number of hydrogen-bond donors (Lipinski definition) is 1. The van der Waals surface area contributed by atoms with Gasteiger partial charge in [-0.05, 0) is 60.5 Å². The van der Waals surface area contributed by atoms with Crippen LogP contribution in [-0.4, -0.2) is 12.0 Å². The molecule has 0 aliphatic carbocycles. The number of carbonyl (C=O) groups excluding carboxylic acids is 1. The van der Waals surface area contributed by atoms with Crippen molar-refractivity contribution < 1.29 is 13.9 Å². The molecule has 0 saturated carbocycles. The molecule has 0 aliphatic heterocycles.